The summed E-state index contributed by atoms with van der Waals surface area (Å²) >= 11 is 7.01. The van der Waals surface area contributed by atoms with Crippen LogP contribution in [0.15, 0.2) is 27.3 Å². The summed E-state index contributed by atoms with van der Waals surface area (Å²) < 4.78 is 3.43. The lowest BCUT2D eigenvalue weighted by atomic mass is 10.2. The number of anilines is 1. The Hall–Kier alpha value is -1.41. The maximum atomic E-state index is 10.7. The van der Waals surface area contributed by atoms with Gasteiger partial charge >= 0.3 is 5.97 Å². The van der Waals surface area contributed by atoms with E-state index in [4.69, 9.17) is 5.11 Å². The number of benzene rings is 1. The standard InChI is InChI=1S/C12H12Br2N4O2/c1-7-4-8(13)11(9(14)5-7)15-2-3-18-6-10(12(19)20)16-17-18/h4-6,15H,2-3H2,1H3,(H,19,20). The third-order valence-corrected chi connectivity index (χ3v) is 3.84. The minimum Gasteiger partial charge on any atom is -0.476 e. The van der Waals surface area contributed by atoms with E-state index < -0.39 is 5.97 Å². The lowest BCUT2D eigenvalue weighted by Crippen LogP contribution is -2.11. The average molecular weight is 404 g/mol. The Kier molecular flexibility index (Phi) is 4.77. The molecule has 0 aliphatic rings. The van der Waals surface area contributed by atoms with E-state index in [9.17, 15) is 4.79 Å². The highest BCUT2D eigenvalue weighted by atomic mass is 79.9. The zero-order valence-electron chi connectivity index (χ0n) is 10.6. The predicted octanol–water partition coefficient (Wildman–Crippen LogP) is 2.92. The van der Waals surface area contributed by atoms with E-state index in [1.165, 1.54) is 10.9 Å². The minimum absolute atomic E-state index is 0.0531. The van der Waals surface area contributed by atoms with Crippen molar-refractivity contribution in [2.24, 2.45) is 0 Å². The summed E-state index contributed by atoms with van der Waals surface area (Å²) in [7, 11) is 0. The topological polar surface area (TPSA) is 80.0 Å². The number of carboxylic acid groups (broad SMARTS) is 1. The highest BCUT2D eigenvalue weighted by molar-refractivity contribution is 9.11. The molecule has 6 nitrogen and oxygen atoms in total. The third kappa shape index (κ3) is 3.57. The molecule has 0 amide bonds. The summed E-state index contributed by atoms with van der Waals surface area (Å²) in [6.45, 7) is 3.14. The molecule has 0 bridgehead atoms. The summed E-state index contributed by atoms with van der Waals surface area (Å²) in [4.78, 5) is 10.7. The Balaban J connectivity index is 1.97. The van der Waals surface area contributed by atoms with E-state index in [1.54, 1.807) is 0 Å². The van der Waals surface area contributed by atoms with Crippen LogP contribution in [0.5, 0.6) is 0 Å². The summed E-state index contributed by atoms with van der Waals surface area (Å²) in [6, 6.07) is 4.04. The van der Waals surface area contributed by atoms with Crippen LogP contribution in [0.1, 0.15) is 16.1 Å². The third-order valence-electron chi connectivity index (χ3n) is 2.59. The summed E-state index contributed by atoms with van der Waals surface area (Å²) in [6.07, 6.45) is 1.41. The number of carbonyl (C=O) groups is 1. The van der Waals surface area contributed by atoms with Crippen LogP contribution in [0, 0.1) is 6.92 Å². The lowest BCUT2D eigenvalue weighted by Gasteiger charge is -2.11. The van der Waals surface area contributed by atoms with Gasteiger partial charge in [-0.05, 0) is 56.5 Å². The molecule has 2 N–H and O–H groups in total. The Labute approximate surface area is 132 Å². The summed E-state index contributed by atoms with van der Waals surface area (Å²) in [5.41, 5.74) is 2.05. The highest BCUT2D eigenvalue weighted by Crippen LogP contribution is 2.32. The van der Waals surface area contributed by atoms with Crippen molar-refractivity contribution < 1.29 is 9.90 Å². The molecule has 0 aliphatic carbocycles. The first-order valence-corrected chi connectivity index (χ1v) is 7.39. The van der Waals surface area contributed by atoms with Crippen molar-refractivity contribution in [2.75, 3.05) is 11.9 Å². The number of hydrogen-bond acceptors (Lipinski definition) is 4. The number of rotatable bonds is 5. The van der Waals surface area contributed by atoms with Crippen LogP contribution in [0.4, 0.5) is 5.69 Å². The Bertz CT molecular complexity index is 619. The van der Waals surface area contributed by atoms with Crippen LogP contribution in [0.25, 0.3) is 0 Å². The van der Waals surface area contributed by atoms with Crippen molar-refractivity contribution in [2.45, 2.75) is 13.5 Å². The van der Waals surface area contributed by atoms with Gasteiger partial charge in [-0.25, -0.2) is 9.48 Å². The summed E-state index contributed by atoms with van der Waals surface area (Å²) in [5, 5.41) is 19.3. The highest BCUT2D eigenvalue weighted by Gasteiger charge is 2.09. The molecule has 0 atom stereocenters. The van der Waals surface area contributed by atoms with Gasteiger partial charge in [-0.2, -0.15) is 0 Å². The summed E-state index contributed by atoms with van der Waals surface area (Å²) in [5.74, 6) is -1.08. The molecule has 0 radical (unpaired) electrons. The van der Waals surface area contributed by atoms with Gasteiger partial charge in [0.2, 0.25) is 0 Å². The minimum atomic E-state index is -1.08. The Morgan fingerprint density at radius 3 is 2.60 bits per heavy atom. The molecule has 2 rings (SSSR count). The molecule has 0 fully saturated rings. The molecule has 0 saturated carbocycles. The van der Waals surface area contributed by atoms with E-state index in [1.807, 2.05) is 19.1 Å². The monoisotopic (exact) mass is 402 g/mol. The van der Waals surface area contributed by atoms with Crippen LogP contribution in [0.2, 0.25) is 0 Å². The van der Waals surface area contributed by atoms with Crippen molar-refractivity contribution >= 4 is 43.5 Å². The number of carboxylic acids is 1. The lowest BCUT2D eigenvalue weighted by molar-refractivity contribution is 0.0690. The first-order valence-electron chi connectivity index (χ1n) is 5.80. The molecule has 0 aliphatic heterocycles. The fraction of sp³-hybridized carbons (Fsp3) is 0.250. The molecule has 0 unspecified atom stereocenters. The van der Waals surface area contributed by atoms with E-state index in [0.717, 1.165) is 20.2 Å². The fourth-order valence-corrected chi connectivity index (χ4v) is 3.37. The van der Waals surface area contributed by atoms with Gasteiger partial charge in [-0.15, -0.1) is 5.10 Å². The molecule has 8 heteroatoms. The molecule has 2 aromatic rings. The zero-order valence-corrected chi connectivity index (χ0v) is 13.8. The SMILES string of the molecule is Cc1cc(Br)c(NCCn2cc(C(=O)O)nn2)c(Br)c1. The fourth-order valence-electron chi connectivity index (χ4n) is 1.67. The Morgan fingerprint density at radius 1 is 1.40 bits per heavy atom. The molecule has 20 heavy (non-hydrogen) atoms. The van der Waals surface area contributed by atoms with Gasteiger partial charge in [0.1, 0.15) is 0 Å². The van der Waals surface area contributed by atoms with E-state index in [2.05, 4.69) is 47.5 Å². The second kappa shape index (κ2) is 6.36. The van der Waals surface area contributed by atoms with Crippen LogP contribution in [-0.2, 0) is 6.54 Å². The Morgan fingerprint density at radius 2 is 2.05 bits per heavy atom. The number of hydrogen-bond donors (Lipinski definition) is 2. The van der Waals surface area contributed by atoms with Crippen molar-refractivity contribution in [3.8, 4) is 0 Å². The molecule has 1 aromatic heterocycles. The average Bonchev–Trinajstić information content (AvgIpc) is 2.81. The molecule has 0 spiro atoms. The van der Waals surface area contributed by atoms with Gasteiger partial charge in [-0.3, -0.25) is 0 Å². The number of aromatic carboxylic acids is 1. The van der Waals surface area contributed by atoms with Crippen molar-refractivity contribution in [3.63, 3.8) is 0 Å². The number of nitrogens with zero attached hydrogens (tertiary/aromatic N) is 3. The molecule has 1 heterocycles. The smallest absolute Gasteiger partial charge is 0.358 e. The maximum Gasteiger partial charge on any atom is 0.358 e. The van der Waals surface area contributed by atoms with Gasteiger partial charge in [0.05, 0.1) is 18.4 Å². The van der Waals surface area contributed by atoms with Crippen molar-refractivity contribution in [1.82, 2.24) is 15.0 Å². The predicted molar refractivity (Wildman–Crippen MR) is 82.1 cm³/mol. The number of halogens is 2. The first-order chi connectivity index (χ1) is 9.47. The van der Waals surface area contributed by atoms with Gasteiger partial charge in [0.25, 0.3) is 0 Å². The van der Waals surface area contributed by atoms with Crippen LogP contribution in [-0.4, -0.2) is 32.6 Å². The second-order valence-corrected chi connectivity index (χ2v) is 5.91. The van der Waals surface area contributed by atoms with Crippen molar-refractivity contribution in [1.29, 1.82) is 0 Å². The normalized spacial score (nSPS) is 10.6. The number of aromatic nitrogens is 3. The van der Waals surface area contributed by atoms with Gasteiger partial charge in [-0.1, -0.05) is 5.21 Å². The maximum absolute atomic E-state index is 10.7. The molecule has 1 aromatic carbocycles. The number of aryl methyl sites for hydroxylation is 1. The molecule has 106 valence electrons. The largest absolute Gasteiger partial charge is 0.476 e. The van der Waals surface area contributed by atoms with E-state index >= 15 is 0 Å². The number of nitrogens with one attached hydrogen (secondary N) is 1. The molecular formula is C12H12Br2N4O2. The van der Waals surface area contributed by atoms with Crippen LogP contribution < -0.4 is 5.32 Å². The van der Waals surface area contributed by atoms with Crippen molar-refractivity contribution in [3.05, 3.63) is 38.5 Å². The zero-order chi connectivity index (χ0) is 14.7. The molecular weight excluding hydrogens is 392 g/mol. The first kappa shape index (κ1) is 15.0. The van der Waals surface area contributed by atoms with E-state index in [0.29, 0.717) is 13.1 Å². The second-order valence-electron chi connectivity index (χ2n) is 4.20. The van der Waals surface area contributed by atoms with Crippen LogP contribution >= 0.6 is 31.9 Å². The van der Waals surface area contributed by atoms with Gasteiger partial charge < -0.3 is 10.4 Å². The molecule has 0 saturated heterocycles. The van der Waals surface area contributed by atoms with Crippen LogP contribution in [0.3, 0.4) is 0 Å². The van der Waals surface area contributed by atoms with E-state index in [-0.39, 0.29) is 5.69 Å². The van der Waals surface area contributed by atoms with Gasteiger partial charge in [0, 0.05) is 15.5 Å². The quantitative estimate of drug-likeness (QED) is 0.802. The van der Waals surface area contributed by atoms with Gasteiger partial charge in [0.15, 0.2) is 5.69 Å².